The van der Waals surface area contributed by atoms with Crippen LogP contribution in [0.3, 0.4) is 0 Å². The number of nitrogens with two attached hydrogens (primary N) is 1. The summed E-state index contributed by atoms with van der Waals surface area (Å²) in [6, 6.07) is 5.99. The summed E-state index contributed by atoms with van der Waals surface area (Å²) in [5, 5.41) is 0. The van der Waals surface area contributed by atoms with E-state index in [2.05, 4.69) is 0 Å². The number of hydrogen-bond acceptors (Lipinski definition) is 3. The minimum Gasteiger partial charge on any atom is -0.450 e. The average molecular weight is 276 g/mol. The minimum atomic E-state index is -0.327. The van der Waals surface area contributed by atoms with Crippen molar-refractivity contribution in [2.45, 2.75) is 26.2 Å². The van der Waals surface area contributed by atoms with Crippen molar-refractivity contribution in [2.24, 2.45) is 5.73 Å². The number of rotatable bonds is 3. The van der Waals surface area contributed by atoms with Gasteiger partial charge in [-0.3, -0.25) is 4.79 Å². The zero-order chi connectivity index (χ0) is 14.5. The molecule has 0 atom stereocenters. The van der Waals surface area contributed by atoms with E-state index in [1.54, 1.807) is 11.8 Å². The van der Waals surface area contributed by atoms with E-state index in [0.29, 0.717) is 19.7 Å². The van der Waals surface area contributed by atoms with Gasteiger partial charge >= 0.3 is 6.09 Å². The molecule has 0 saturated carbocycles. The standard InChI is InChI=1S/C15H20N2O3/c1-2-20-15(19)17-7-5-12-4-3-11(10-14(16)18)9-13(12)6-8-17/h3-4,9H,2,5-8,10H2,1H3,(H2,16,18). The van der Waals surface area contributed by atoms with Crippen molar-refractivity contribution in [3.8, 4) is 0 Å². The Hall–Kier alpha value is -2.04. The molecule has 2 N–H and O–H groups in total. The quantitative estimate of drug-likeness (QED) is 0.903. The van der Waals surface area contributed by atoms with Gasteiger partial charge in [0.05, 0.1) is 13.0 Å². The van der Waals surface area contributed by atoms with Crippen LogP contribution in [0.1, 0.15) is 23.6 Å². The Morgan fingerprint density at radius 1 is 1.25 bits per heavy atom. The summed E-state index contributed by atoms with van der Waals surface area (Å²) in [6.45, 7) is 3.51. The first kappa shape index (κ1) is 14.4. The highest BCUT2D eigenvalue weighted by atomic mass is 16.6. The van der Waals surface area contributed by atoms with Gasteiger partial charge in [0.15, 0.2) is 0 Å². The summed E-state index contributed by atoms with van der Waals surface area (Å²) < 4.78 is 5.04. The van der Waals surface area contributed by atoms with Crippen LogP contribution in [0.2, 0.25) is 0 Å². The molecule has 0 saturated heterocycles. The number of ether oxygens (including phenoxy) is 1. The van der Waals surface area contributed by atoms with Gasteiger partial charge < -0.3 is 15.4 Å². The normalized spacial score (nSPS) is 14.3. The predicted molar refractivity (Wildman–Crippen MR) is 75.3 cm³/mol. The van der Waals surface area contributed by atoms with E-state index in [9.17, 15) is 9.59 Å². The van der Waals surface area contributed by atoms with Crippen LogP contribution in [0.25, 0.3) is 0 Å². The Morgan fingerprint density at radius 2 is 1.95 bits per heavy atom. The fraction of sp³-hybridized carbons (Fsp3) is 0.467. The number of primary amides is 1. The van der Waals surface area contributed by atoms with Crippen molar-refractivity contribution in [1.82, 2.24) is 4.90 Å². The lowest BCUT2D eigenvalue weighted by atomic mass is 9.99. The van der Waals surface area contributed by atoms with Crippen LogP contribution in [-0.2, 0) is 28.8 Å². The molecule has 2 amide bonds. The molecule has 0 aliphatic carbocycles. The van der Waals surface area contributed by atoms with Crippen molar-refractivity contribution >= 4 is 12.0 Å². The van der Waals surface area contributed by atoms with E-state index in [4.69, 9.17) is 10.5 Å². The molecule has 20 heavy (non-hydrogen) atoms. The molecule has 1 aliphatic rings. The maximum absolute atomic E-state index is 11.8. The van der Waals surface area contributed by atoms with Gasteiger partial charge in [-0.25, -0.2) is 4.79 Å². The minimum absolute atomic E-state index is 0.252. The molecular formula is C15H20N2O3. The van der Waals surface area contributed by atoms with Crippen molar-refractivity contribution in [3.05, 3.63) is 34.9 Å². The lowest BCUT2D eigenvalue weighted by Crippen LogP contribution is -2.33. The van der Waals surface area contributed by atoms with E-state index in [-0.39, 0.29) is 18.4 Å². The maximum atomic E-state index is 11.8. The van der Waals surface area contributed by atoms with Gasteiger partial charge in [0.1, 0.15) is 0 Å². The topological polar surface area (TPSA) is 72.6 Å². The Bertz CT molecular complexity index is 514. The smallest absolute Gasteiger partial charge is 0.409 e. The third-order valence-corrected chi connectivity index (χ3v) is 3.48. The number of carbonyl (C=O) groups excluding carboxylic acids is 2. The number of hydrogen-bond donors (Lipinski definition) is 1. The third kappa shape index (κ3) is 3.50. The zero-order valence-electron chi connectivity index (χ0n) is 11.7. The molecule has 0 unspecified atom stereocenters. The predicted octanol–water partition coefficient (Wildman–Crippen LogP) is 1.27. The van der Waals surface area contributed by atoms with Crippen LogP contribution in [0, 0.1) is 0 Å². The third-order valence-electron chi connectivity index (χ3n) is 3.48. The Kier molecular flexibility index (Phi) is 4.61. The molecule has 0 radical (unpaired) electrons. The molecule has 2 rings (SSSR count). The van der Waals surface area contributed by atoms with Crippen molar-refractivity contribution in [1.29, 1.82) is 0 Å². The highest BCUT2D eigenvalue weighted by Crippen LogP contribution is 2.18. The monoisotopic (exact) mass is 276 g/mol. The van der Waals surface area contributed by atoms with E-state index in [0.717, 1.165) is 18.4 Å². The fourth-order valence-electron chi connectivity index (χ4n) is 2.49. The van der Waals surface area contributed by atoms with Crippen LogP contribution in [0.5, 0.6) is 0 Å². The van der Waals surface area contributed by atoms with Gasteiger partial charge in [-0.15, -0.1) is 0 Å². The highest BCUT2D eigenvalue weighted by Gasteiger charge is 2.19. The number of nitrogens with zero attached hydrogens (tertiary/aromatic N) is 1. The summed E-state index contributed by atoms with van der Waals surface area (Å²) in [7, 11) is 0. The summed E-state index contributed by atoms with van der Waals surface area (Å²) in [5.74, 6) is -0.327. The zero-order valence-corrected chi connectivity index (χ0v) is 11.7. The Balaban J connectivity index is 2.09. The first-order chi connectivity index (χ1) is 9.60. The molecule has 108 valence electrons. The van der Waals surface area contributed by atoms with Gasteiger partial charge in [-0.1, -0.05) is 18.2 Å². The second-order valence-electron chi connectivity index (χ2n) is 4.93. The molecule has 0 fully saturated rings. The van der Waals surface area contributed by atoms with Gasteiger partial charge in [0.2, 0.25) is 5.91 Å². The van der Waals surface area contributed by atoms with Crippen LogP contribution in [0.4, 0.5) is 4.79 Å². The number of fused-ring (bicyclic) bond motifs is 1. The molecule has 1 aromatic rings. The summed E-state index contributed by atoms with van der Waals surface area (Å²) in [6.07, 6.45) is 1.60. The summed E-state index contributed by atoms with van der Waals surface area (Å²) >= 11 is 0. The summed E-state index contributed by atoms with van der Waals surface area (Å²) in [4.78, 5) is 24.5. The first-order valence-corrected chi connectivity index (χ1v) is 6.91. The number of benzene rings is 1. The van der Waals surface area contributed by atoms with Crippen LogP contribution in [-0.4, -0.2) is 36.6 Å². The maximum Gasteiger partial charge on any atom is 0.409 e. The lowest BCUT2D eigenvalue weighted by molar-refractivity contribution is -0.117. The van der Waals surface area contributed by atoms with Crippen LogP contribution in [0.15, 0.2) is 18.2 Å². The SMILES string of the molecule is CCOC(=O)N1CCc2ccc(CC(N)=O)cc2CC1. The van der Waals surface area contributed by atoms with E-state index in [1.807, 2.05) is 18.2 Å². The molecule has 0 aromatic heterocycles. The summed E-state index contributed by atoms with van der Waals surface area (Å²) in [5.41, 5.74) is 8.57. The van der Waals surface area contributed by atoms with Crippen molar-refractivity contribution < 1.29 is 14.3 Å². The van der Waals surface area contributed by atoms with Crippen molar-refractivity contribution in [2.75, 3.05) is 19.7 Å². The largest absolute Gasteiger partial charge is 0.450 e. The van der Waals surface area contributed by atoms with Crippen molar-refractivity contribution in [3.63, 3.8) is 0 Å². The molecular weight excluding hydrogens is 256 g/mol. The number of amides is 2. The average Bonchev–Trinajstić information content (AvgIpc) is 2.60. The van der Waals surface area contributed by atoms with Crippen LogP contribution >= 0.6 is 0 Å². The van der Waals surface area contributed by atoms with E-state index >= 15 is 0 Å². The van der Waals surface area contributed by atoms with E-state index < -0.39 is 0 Å². The number of carbonyl (C=O) groups is 2. The molecule has 0 spiro atoms. The molecule has 5 nitrogen and oxygen atoms in total. The van der Waals surface area contributed by atoms with Gasteiger partial charge in [-0.05, 0) is 36.5 Å². The molecule has 1 heterocycles. The lowest BCUT2D eigenvalue weighted by Gasteiger charge is -2.18. The van der Waals surface area contributed by atoms with Gasteiger partial charge in [0.25, 0.3) is 0 Å². The molecule has 1 aliphatic heterocycles. The second-order valence-corrected chi connectivity index (χ2v) is 4.93. The molecule has 1 aromatic carbocycles. The molecule has 5 heteroatoms. The first-order valence-electron chi connectivity index (χ1n) is 6.91. The van der Waals surface area contributed by atoms with E-state index in [1.165, 1.54) is 11.1 Å². The second kappa shape index (κ2) is 6.41. The van der Waals surface area contributed by atoms with Gasteiger partial charge in [0, 0.05) is 13.1 Å². The van der Waals surface area contributed by atoms with Crippen LogP contribution < -0.4 is 5.73 Å². The van der Waals surface area contributed by atoms with Gasteiger partial charge in [-0.2, -0.15) is 0 Å². The Labute approximate surface area is 118 Å². The Morgan fingerprint density at radius 3 is 2.60 bits per heavy atom. The fourth-order valence-corrected chi connectivity index (χ4v) is 2.49. The molecule has 0 bridgehead atoms. The highest BCUT2D eigenvalue weighted by molar-refractivity contribution is 5.76.